The fraction of sp³-hybridized carbons (Fsp3) is 0.381. The van der Waals surface area contributed by atoms with Gasteiger partial charge in [-0.3, -0.25) is 0 Å². The first-order valence-electron chi connectivity index (χ1n) is 9.14. The van der Waals surface area contributed by atoms with Crippen LogP contribution in [0.25, 0.3) is 0 Å². The van der Waals surface area contributed by atoms with Gasteiger partial charge in [-0.2, -0.15) is 0 Å². The van der Waals surface area contributed by atoms with Gasteiger partial charge < -0.3 is 25.7 Å². The number of aliphatic hydroxyl groups is 1. The van der Waals surface area contributed by atoms with Crippen molar-refractivity contribution < 1.29 is 25.2 Å². The number of hydrogen-bond donors (Lipinski definition) is 3. The molecule has 0 saturated heterocycles. The van der Waals surface area contributed by atoms with E-state index >= 15 is 0 Å². The molecule has 6 nitrogen and oxygen atoms in total. The minimum Gasteiger partial charge on any atom is -0.482 e. The molecule has 2 aromatic carbocycles. The standard InChI is InChI=1S/C21H24ClNO4.ClH.H2O/c22-17-5-1-4-15(9-17)20(24)12-23-18-6-2-3-14-7-8-19(11-16(14)10-18)27-13-21(25)26;;/h1,4-5,7-9,11,18,20,23-24H,2-3,6,10,12-13H2,(H,25,26);1H;1H2. The summed E-state index contributed by atoms with van der Waals surface area (Å²) in [5.41, 5.74) is 3.25. The molecule has 0 aliphatic heterocycles. The van der Waals surface area contributed by atoms with Gasteiger partial charge in [0.25, 0.3) is 0 Å². The highest BCUT2D eigenvalue weighted by molar-refractivity contribution is 6.30. The zero-order valence-electron chi connectivity index (χ0n) is 15.9. The highest BCUT2D eigenvalue weighted by Crippen LogP contribution is 2.26. The maximum absolute atomic E-state index is 10.7. The van der Waals surface area contributed by atoms with Gasteiger partial charge in [0.1, 0.15) is 5.75 Å². The summed E-state index contributed by atoms with van der Waals surface area (Å²) >= 11 is 6.00. The van der Waals surface area contributed by atoms with Crippen LogP contribution in [0.5, 0.6) is 5.75 Å². The van der Waals surface area contributed by atoms with E-state index in [0.717, 1.165) is 31.2 Å². The largest absolute Gasteiger partial charge is 0.482 e. The first kappa shape index (κ1) is 25.2. The van der Waals surface area contributed by atoms with Crippen molar-refractivity contribution in [2.45, 2.75) is 37.8 Å². The van der Waals surface area contributed by atoms with Crippen LogP contribution < -0.4 is 10.1 Å². The van der Waals surface area contributed by atoms with Gasteiger partial charge >= 0.3 is 5.97 Å². The van der Waals surface area contributed by atoms with Crippen LogP contribution >= 0.6 is 24.0 Å². The van der Waals surface area contributed by atoms with E-state index < -0.39 is 12.1 Å². The van der Waals surface area contributed by atoms with Crippen molar-refractivity contribution in [3.8, 4) is 5.75 Å². The van der Waals surface area contributed by atoms with Crippen molar-refractivity contribution in [3.05, 3.63) is 64.2 Å². The SMILES string of the molecule is Cl.O.O=C(O)COc1ccc2c(c1)CC(NCC(O)c1cccc(Cl)c1)CCC2. The molecule has 2 aromatic rings. The lowest BCUT2D eigenvalue weighted by atomic mass is 10.0. The third-order valence-corrected chi connectivity index (χ3v) is 5.07. The Morgan fingerprint density at radius 3 is 2.76 bits per heavy atom. The van der Waals surface area contributed by atoms with Gasteiger partial charge in [-0.25, -0.2) is 4.79 Å². The third kappa shape index (κ3) is 7.49. The molecule has 0 saturated carbocycles. The summed E-state index contributed by atoms with van der Waals surface area (Å²) in [7, 11) is 0. The summed E-state index contributed by atoms with van der Waals surface area (Å²) in [5, 5.41) is 23.3. The van der Waals surface area contributed by atoms with E-state index in [4.69, 9.17) is 21.4 Å². The number of aliphatic carboxylic acids is 1. The fourth-order valence-corrected chi connectivity index (χ4v) is 3.66. The van der Waals surface area contributed by atoms with Crippen molar-refractivity contribution in [3.63, 3.8) is 0 Å². The Morgan fingerprint density at radius 2 is 2.03 bits per heavy atom. The molecule has 29 heavy (non-hydrogen) atoms. The Morgan fingerprint density at radius 1 is 1.24 bits per heavy atom. The molecular weight excluding hydrogens is 417 g/mol. The van der Waals surface area contributed by atoms with E-state index in [1.165, 1.54) is 11.1 Å². The van der Waals surface area contributed by atoms with E-state index in [1.807, 2.05) is 30.3 Å². The fourth-order valence-electron chi connectivity index (χ4n) is 3.46. The van der Waals surface area contributed by atoms with Crippen LogP contribution in [-0.4, -0.2) is 40.9 Å². The molecule has 8 heteroatoms. The highest BCUT2D eigenvalue weighted by Gasteiger charge is 2.19. The first-order chi connectivity index (χ1) is 13.0. The quantitative estimate of drug-likeness (QED) is 0.569. The van der Waals surface area contributed by atoms with Crippen molar-refractivity contribution >= 4 is 30.0 Å². The molecule has 0 aromatic heterocycles. The Balaban J connectivity index is 0.00000210. The van der Waals surface area contributed by atoms with E-state index in [9.17, 15) is 9.90 Å². The molecule has 0 spiro atoms. The van der Waals surface area contributed by atoms with Crippen LogP contribution in [0.2, 0.25) is 5.02 Å². The molecule has 0 radical (unpaired) electrons. The number of nitrogens with one attached hydrogen (secondary N) is 1. The molecular formula is C21H27Cl2NO5. The minimum atomic E-state index is -0.987. The predicted octanol–water partition coefficient (Wildman–Crippen LogP) is 2.97. The van der Waals surface area contributed by atoms with Gasteiger partial charge in [-0.15, -0.1) is 12.4 Å². The molecule has 2 unspecified atom stereocenters. The van der Waals surface area contributed by atoms with Crippen molar-refractivity contribution in [2.24, 2.45) is 0 Å². The topological polar surface area (TPSA) is 110 Å². The third-order valence-electron chi connectivity index (χ3n) is 4.84. The Labute approximate surface area is 181 Å². The Kier molecular flexibility index (Phi) is 10.4. The molecule has 2 atom stereocenters. The first-order valence-corrected chi connectivity index (χ1v) is 9.52. The number of carboxylic acids is 1. The van der Waals surface area contributed by atoms with Crippen LogP contribution in [-0.2, 0) is 17.6 Å². The average Bonchev–Trinajstić information content (AvgIpc) is 2.85. The van der Waals surface area contributed by atoms with Gasteiger partial charge in [-0.1, -0.05) is 29.8 Å². The molecule has 3 rings (SSSR count). The summed E-state index contributed by atoms with van der Waals surface area (Å²) in [6.07, 6.45) is 3.28. The van der Waals surface area contributed by atoms with Crippen LogP contribution in [0, 0.1) is 0 Å². The summed E-state index contributed by atoms with van der Waals surface area (Å²) in [5.74, 6) is -0.407. The maximum atomic E-state index is 10.7. The highest BCUT2D eigenvalue weighted by atomic mass is 35.5. The number of ether oxygens (including phenoxy) is 1. The summed E-state index contributed by atoms with van der Waals surface area (Å²) in [6, 6.07) is 13.3. The van der Waals surface area contributed by atoms with Crippen molar-refractivity contribution in [1.82, 2.24) is 5.32 Å². The molecule has 5 N–H and O–H groups in total. The molecule has 0 bridgehead atoms. The smallest absolute Gasteiger partial charge is 0.341 e. The Hall–Kier alpha value is -1.83. The number of aryl methyl sites for hydroxylation is 1. The number of fused-ring (bicyclic) bond motifs is 1. The zero-order chi connectivity index (χ0) is 19.2. The summed E-state index contributed by atoms with van der Waals surface area (Å²) in [4.78, 5) is 10.7. The van der Waals surface area contributed by atoms with E-state index in [2.05, 4.69) is 5.32 Å². The van der Waals surface area contributed by atoms with Gasteiger partial charge in [0.2, 0.25) is 0 Å². The summed E-state index contributed by atoms with van der Waals surface area (Å²) in [6.45, 7) is 0.113. The second kappa shape index (κ2) is 12.0. The second-order valence-electron chi connectivity index (χ2n) is 6.89. The number of halogens is 2. The zero-order valence-corrected chi connectivity index (χ0v) is 17.5. The van der Waals surface area contributed by atoms with Gasteiger partial charge in [0, 0.05) is 17.6 Å². The van der Waals surface area contributed by atoms with Gasteiger partial charge in [0.05, 0.1) is 6.10 Å². The lowest BCUT2D eigenvalue weighted by molar-refractivity contribution is -0.139. The molecule has 0 amide bonds. The maximum Gasteiger partial charge on any atom is 0.341 e. The lowest BCUT2D eigenvalue weighted by Gasteiger charge is -2.20. The van der Waals surface area contributed by atoms with E-state index in [0.29, 0.717) is 17.3 Å². The number of aliphatic hydroxyl groups excluding tert-OH is 1. The van der Waals surface area contributed by atoms with Crippen LogP contribution in [0.4, 0.5) is 0 Å². The molecule has 0 fully saturated rings. The molecule has 160 valence electrons. The van der Waals surface area contributed by atoms with Crippen molar-refractivity contribution in [1.29, 1.82) is 0 Å². The number of rotatable bonds is 7. The van der Waals surface area contributed by atoms with Crippen LogP contribution in [0.3, 0.4) is 0 Å². The minimum absolute atomic E-state index is 0. The number of benzene rings is 2. The predicted molar refractivity (Wildman–Crippen MR) is 115 cm³/mol. The summed E-state index contributed by atoms with van der Waals surface area (Å²) < 4.78 is 5.30. The second-order valence-corrected chi connectivity index (χ2v) is 7.32. The van der Waals surface area contributed by atoms with Gasteiger partial charge in [0.15, 0.2) is 6.61 Å². The number of carbonyl (C=O) groups is 1. The lowest BCUT2D eigenvalue weighted by Crippen LogP contribution is -2.34. The Bertz CT molecular complexity index is 802. The monoisotopic (exact) mass is 443 g/mol. The van der Waals surface area contributed by atoms with Crippen molar-refractivity contribution in [2.75, 3.05) is 13.2 Å². The average molecular weight is 444 g/mol. The molecule has 1 aliphatic rings. The number of hydrogen-bond acceptors (Lipinski definition) is 4. The molecule has 1 aliphatic carbocycles. The van der Waals surface area contributed by atoms with E-state index in [1.54, 1.807) is 12.1 Å². The number of carboxylic acid groups (broad SMARTS) is 1. The van der Waals surface area contributed by atoms with Crippen LogP contribution in [0.15, 0.2) is 42.5 Å². The molecule has 0 heterocycles. The normalized spacial score (nSPS) is 16.4. The van der Waals surface area contributed by atoms with Gasteiger partial charge in [-0.05, 0) is 66.6 Å². The van der Waals surface area contributed by atoms with E-state index in [-0.39, 0.29) is 30.5 Å². The van der Waals surface area contributed by atoms with Crippen LogP contribution in [0.1, 0.15) is 35.6 Å².